The molecule has 2 fully saturated rings. The highest BCUT2D eigenvalue weighted by atomic mass is 19.4. The summed E-state index contributed by atoms with van der Waals surface area (Å²) in [5, 5.41) is 2.62. The fourth-order valence-electron chi connectivity index (χ4n) is 4.94. The Labute approximate surface area is 193 Å². The number of alkyl halides is 3. The first-order chi connectivity index (χ1) is 16.1. The Morgan fingerprint density at radius 1 is 1.09 bits per heavy atom. The smallest absolute Gasteiger partial charge is 0.430 e. The van der Waals surface area contributed by atoms with Crippen LogP contribution in [0.2, 0.25) is 0 Å². The Balaban J connectivity index is 1.61. The Bertz CT molecular complexity index is 1040. The molecule has 0 radical (unpaired) electrons. The van der Waals surface area contributed by atoms with Gasteiger partial charge in [-0.15, -0.1) is 0 Å². The lowest BCUT2D eigenvalue weighted by Crippen LogP contribution is -2.62. The summed E-state index contributed by atoms with van der Waals surface area (Å²) in [4.78, 5) is 26.5. The summed E-state index contributed by atoms with van der Waals surface area (Å²) in [7, 11) is 0.864. The quantitative estimate of drug-likeness (QED) is 0.669. The number of rotatable bonds is 4. The van der Waals surface area contributed by atoms with Gasteiger partial charge in [0.1, 0.15) is 11.4 Å². The first-order valence-corrected chi connectivity index (χ1v) is 10.8. The van der Waals surface area contributed by atoms with Gasteiger partial charge < -0.3 is 19.7 Å². The van der Waals surface area contributed by atoms with Crippen LogP contribution in [0.1, 0.15) is 29.9 Å². The molecule has 182 valence electrons. The summed E-state index contributed by atoms with van der Waals surface area (Å²) in [5.74, 6) is -1.99. The van der Waals surface area contributed by atoms with Gasteiger partial charge in [0.25, 0.3) is 11.5 Å². The number of halogens is 4. The van der Waals surface area contributed by atoms with Crippen molar-refractivity contribution in [3.8, 4) is 0 Å². The van der Waals surface area contributed by atoms with Gasteiger partial charge in [0, 0.05) is 51.1 Å². The number of carbonyl (C=O) groups excluding carboxylic acids is 2. The highest BCUT2D eigenvalue weighted by Gasteiger charge is 2.64. The van der Waals surface area contributed by atoms with Crippen LogP contribution in [-0.4, -0.2) is 55.4 Å². The summed E-state index contributed by atoms with van der Waals surface area (Å²) in [6, 6.07) is 12.6. The maximum Gasteiger partial charge on any atom is 0.430 e. The molecular weight excluding hydrogens is 456 g/mol. The fourth-order valence-corrected chi connectivity index (χ4v) is 4.94. The van der Waals surface area contributed by atoms with Crippen molar-refractivity contribution in [2.24, 2.45) is 0 Å². The lowest BCUT2D eigenvalue weighted by molar-refractivity contribution is -0.271. The number of methoxy groups -OCH3 is 1. The molecule has 6 nitrogen and oxygen atoms in total. The first-order valence-electron chi connectivity index (χ1n) is 10.8. The molecule has 1 N–H and O–H groups in total. The lowest BCUT2D eigenvalue weighted by atomic mass is 9.74. The van der Waals surface area contributed by atoms with Gasteiger partial charge in [-0.1, -0.05) is 42.5 Å². The number of ether oxygens (including phenoxy) is 2. The highest BCUT2D eigenvalue weighted by Crippen LogP contribution is 2.46. The minimum Gasteiger partial charge on any atom is -0.442 e. The second-order valence-electron chi connectivity index (χ2n) is 8.48. The summed E-state index contributed by atoms with van der Waals surface area (Å²) < 4.78 is 66.9. The zero-order chi connectivity index (χ0) is 24.6. The van der Waals surface area contributed by atoms with Crippen LogP contribution in [0.5, 0.6) is 0 Å². The predicted octanol–water partition coefficient (Wildman–Crippen LogP) is 4.11. The summed E-state index contributed by atoms with van der Waals surface area (Å²) in [5.41, 5.74) is -3.77. The Kier molecular flexibility index (Phi) is 6.28. The molecule has 2 aromatic carbocycles. The van der Waals surface area contributed by atoms with E-state index in [-0.39, 0.29) is 44.0 Å². The number of nitrogens with zero attached hydrogens (tertiary/aromatic N) is 1. The number of alkyl carbamates (subject to hydrolysis) is 1. The molecule has 10 heteroatoms. The normalized spacial score (nSPS) is 22.0. The van der Waals surface area contributed by atoms with Crippen LogP contribution in [0.25, 0.3) is 0 Å². The van der Waals surface area contributed by atoms with Crippen molar-refractivity contribution in [1.29, 1.82) is 0 Å². The maximum atomic E-state index is 14.3. The van der Waals surface area contributed by atoms with Crippen LogP contribution >= 0.6 is 0 Å². The molecule has 2 aromatic rings. The maximum absolute atomic E-state index is 14.3. The van der Waals surface area contributed by atoms with Crippen molar-refractivity contribution < 1.29 is 36.6 Å². The molecule has 2 atom stereocenters. The number of nitrogens with one attached hydrogen (secondary N) is 1. The number of amides is 2. The van der Waals surface area contributed by atoms with E-state index in [9.17, 15) is 27.2 Å². The number of likely N-dealkylation sites (tertiary alicyclic amines) is 1. The van der Waals surface area contributed by atoms with Gasteiger partial charge in [-0.2, -0.15) is 13.2 Å². The van der Waals surface area contributed by atoms with Crippen LogP contribution < -0.4 is 5.32 Å². The molecule has 2 aliphatic rings. The van der Waals surface area contributed by atoms with Gasteiger partial charge in [0.2, 0.25) is 0 Å². The molecule has 1 unspecified atom stereocenters. The molecule has 2 aliphatic heterocycles. The monoisotopic (exact) mass is 480 g/mol. The van der Waals surface area contributed by atoms with Gasteiger partial charge in [0.15, 0.2) is 0 Å². The van der Waals surface area contributed by atoms with Gasteiger partial charge in [-0.3, -0.25) is 4.79 Å². The molecule has 0 bridgehead atoms. The molecule has 0 aliphatic carbocycles. The lowest BCUT2D eigenvalue weighted by Gasteiger charge is -2.49. The molecule has 1 spiro atoms. The number of piperidine rings is 1. The van der Waals surface area contributed by atoms with Gasteiger partial charge >= 0.3 is 12.3 Å². The van der Waals surface area contributed by atoms with Crippen molar-refractivity contribution in [1.82, 2.24) is 10.2 Å². The van der Waals surface area contributed by atoms with E-state index < -0.39 is 35.2 Å². The highest BCUT2D eigenvalue weighted by molar-refractivity contribution is 5.88. The van der Waals surface area contributed by atoms with Crippen molar-refractivity contribution in [3.05, 3.63) is 71.5 Å². The Hall–Kier alpha value is -3.14. The van der Waals surface area contributed by atoms with E-state index in [4.69, 9.17) is 9.47 Å². The third-order valence-electron chi connectivity index (χ3n) is 6.74. The molecule has 2 heterocycles. The first kappa shape index (κ1) is 24.0. The topological polar surface area (TPSA) is 67.9 Å². The summed E-state index contributed by atoms with van der Waals surface area (Å²) in [6.07, 6.45) is -5.39. The summed E-state index contributed by atoms with van der Waals surface area (Å²) >= 11 is 0. The zero-order valence-electron chi connectivity index (χ0n) is 18.4. The molecule has 2 saturated heterocycles. The minimum absolute atomic E-state index is 0.0716. The van der Waals surface area contributed by atoms with E-state index in [1.165, 1.54) is 36.4 Å². The van der Waals surface area contributed by atoms with Crippen LogP contribution in [0, 0.1) is 5.82 Å². The van der Waals surface area contributed by atoms with Crippen LogP contribution in [-0.2, 0) is 19.9 Å². The predicted molar refractivity (Wildman–Crippen MR) is 113 cm³/mol. The number of hydrogen-bond acceptors (Lipinski definition) is 4. The number of hydrogen-bond donors (Lipinski definition) is 1. The van der Waals surface area contributed by atoms with Crippen LogP contribution in [0.15, 0.2) is 54.6 Å². The Morgan fingerprint density at radius 2 is 1.71 bits per heavy atom. The van der Waals surface area contributed by atoms with E-state index in [1.54, 1.807) is 18.2 Å². The summed E-state index contributed by atoms with van der Waals surface area (Å²) in [6.45, 7) is 0.0860. The number of carbonyl (C=O) groups is 2. The van der Waals surface area contributed by atoms with E-state index in [0.717, 1.165) is 17.6 Å². The van der Waals surface area contributed by atoms with Crippen LogP contribution in [0.3, 0.4) is 0 Å². The minimum atomic E-state index is -5.01. The molecule has 4 rings (SSSR count). The zero-order valence-corrected chi connectivity index (χ0v) is 18.4. The van der Waals surface area contributed by atoms with Gasteiger partial charge in [-0.25, -0.2) is 9.18 Å². The van der Waals surface area contributed by atoms with Crippen LogP contribution in [0.4, 0.5) is 22.4 Å². The third kappa shape index (κ3) is 4.00. The van der Waals surface area contributed by atoms with E-state index in [0.29, 0.717) is 0 Å². The Morgan fingerprint density at radius 3 is 2.26 bits per heavy atom. The molecule has 2 amide bonds. The average molecular weight is 480 g/mol. The molecule has 0 aromatic heterocycles. The van der Waals surface area contributed by atoms with Crippen molar-refractivity contribution in [3.63, 3.8) is 0 Å². The molecular formula is C24H24F4N2O4. The van der Waals surface area contributed by atoms with Gasteiger partial charge in [-0.05, 0) is 17.7 Å². The number of benzene rings is 2. The van der Waals surface area contributed by atoms with Crippen molar-refractivity contribution >= 4 is 12.0 Å². The van der Waals surface area contributed by atoms with Crippen molar-refractivity contribution in [2.75, 3.05) is 26.7 Å². The largest absolute Gasteiger partial charge is 0.442 e. The average Bonchev–Trinajstić information content (AvgIpc) is 2.81. The standard InChI is InChI=1S/C24H24F4N2O4/c1-33-23(24(26,27)28,17-5-3-2-4-6-17)20(31)30-13-11-22(12-14-30)19(15-29-21(32)34-22)16-7-9-18(25)10-8-16/h2-10,19H,11-15H2,1H3,(H,29,32)/t19?,23-/m1/s1. The van der Waals surface area contributed by atoms with Gasteiger partial charge in [0.05, 0.1) is 0 Å². The molecule has 34 heavy (non-hydrogen) atoms. The third-order valence-corrected chi connectivity index (χ3v) is 6.74. The fraction of sp³-hybridized carbons (Fsp3) is 0.417. The molecule has 0 saturated carbocycles. The SMILES string of the molecule is CO[C@@](C(=O)N1CCC2(CC1)OC(=O)NCC2c1ccc(F)cc1)(c1ccccc1)C(F)(F)F. The van der Waals surface area contributed by atoms with Crippen molar-refractivity contribution in [2.45, 2.75) is 36.1 Å². The van der Waals surface area contributed by atoms with E-state index >= 15 is 0 Å². The van der Waals surface area contributed by atoms with E-state index in [2.05, 4.69) is 5.32 Å². The van der Waals surface area contributed by atoms with E-state index in [1.807, 2.05) is 0 Å². The second kappa shape index (κ2) is 8.90. The second-order valence-corrected chi connectivity index (χ2v) is 8.48.